The van der Waals surface area contributed by atoms with Crippen molar-refractivity contribution in [2.24, 2.45) is 0 Å². The smallest absolute Gasteiger partial charge is 0.139 e. The average Bonchev–Trinajstić information content (AvgIpc) is 2.38. The third-order valence-electron chi connectivity index (χ3n) is 2.87. The maximum Gasteiger partial charge on any atom is 0.139 e. The number of benzene rings is 1. The summed E-state index contributed by atoms with van der Waals surface area (Å²) in [5, 5.41) is 3.30. The fourth-order valence-corrected chi connectivity index (χ4v) is 1.82. The Bertz CT molecular complexity index is 584. The third kappa shape index (κ3) is 3.00. The summed E-state index contributed by atoms with van der Waals surface area (Å²) in [6.07, 6.45) is 0. The predicted molar refractivity (Wildman–Crippen MR) is 76.4 cm³/mol. The van der Waals surface area contributed by atoms with Gasteiger partial charge >= 0.3 is 0 Å². The molecule has 1 heterocycles. The number of hydrogen-bond acceptors (Lipinski definition) is 5. The third-order valence-corrected chi connectivity index (χ3v) is 2.87. The van der Waals surface area contributed by atoms with Crippen LogP contribution in [0.5, 0.6) is 0 Å². The lowest BCUT2D eigenvalue weighted by Crippen LogP contribution is -2.06. The minimum absolute atomic E-state index is 0.499. The van der Waals surface area contributed by atoms with E-state index in [9.17, 15) is 0 Å². The van der Waals surface area contributed by atoms with Crippen LogP contribution in [0.15, 0.2) is 24.3 Å². The van der Waals surface area contributed by atoms with Gasteiger partial charge in [-0.05, 0) is 19.9 Å². The number of anilines is 3. The van der Waals surface area contributed by atoms with Crippen molar-refractivity contribution in [1.82, 2.24) is 9.97 Å². The highest BCUT2D eigenvalue weighted by atomic mass is 16.5. The number of nitrogen functional groups attached to an aromatic ring is 1. The normalized spacial score (nSPS) is 10.5. The van der Waals surface area contributed by atoms with Gasteiger partial charge in [0.15, 0.2) is 0 Å². The van der Waals surface area contributed by atoms with Crippen LogP contribution < -0.4 is 11.1 Å². The number of hydrogen-bond donors (Lipinski definition) is 2. The van der Waals surface area contributed by atoms with E-state index < -0.39 is 0 Å². The Morgan fingerprint density at radius 1 is 1.21 bits per heavy atom. The molecule has 2 aromatic rings. The summed E-state index contributed by atoms with van der Waals surface area (Å²) in [6, 6.07) is 7.94. The summed E-state index contributed by atoms with van der Waals surface area (Å²) >= 11 is 0. The fourth-order valence-electron chi connectivity index (χ4n) is 1.82. The zero-order valence-corrected chi connectivity index (χ0v) is 11.4. The topological polar surface area (TPSA) is 73.1 Å². The minimum Gasteiger partial charge on any atom is -0.383 e. The molecular weight excluding hydrogens is 240 g/mol. The molecule has 0 saturated heterocycles. The summed E-state index contributed by atoms with van der Waals surface area (Å²) in [7, 11) is 1.68. The molecule has 100 valence electrons. The maximum atomic E-state index is 5.86. The molecule has 0 aliphatic rings. The van der Waals surface area contributed by atoms with Crippen molar-refractivity contribution in [3.05, 3.63) is 41.2 Å². The molecule has 0 amide bonds. The van der Waals surface area contributed by atoms with E-state index in [0.29, 0.717) is 18.2 Å². The molecule has 3 N–H and O–H groups in total. The Morgan fingerprint density at radius 2 is 1.95 bits per heavy atom. The molecule has 0 aliphatic heterocycles. The van der Waals surface area contributed by atoms with Crippen LogP contribution >= 0.6 is 0 Å². The number of methoxy groups -OCH3 is 1. The highest BCUT2D eigenvalue weighted by molar-refractivity contribution is 5.66. The van der Waals surface area contributed by atoms with Crippen LogP contribution in [0.4, 0.5) is 17.3 Å². The van der Waals surface area contributed by atoms with Gasteiger partial charge in [-0.25, -0.2) is 9.97 Å². The molecule has 5 nitrogen and oxygen atoms in total. The zero-order chi connectivity index (χ0) is 13.8. The van der Waals surface area contributed by atoms with E-state index in [1.165, 1.54) is 0 Å². The first-order valence-corrected chi connectivity index (χ1v) is 6.06. The van der Waals surface area contributed by atoms with E-state index in [4.69, 9.17) is 10.5 Å². The SMILES string of the molecule is COCc1ccccc1Nc1nc(C)nc(N)c1C. The van der Waals surface area contributed by atoms with Crippen molar-refractivity contribution in [2.45, 2.75) is 20.5 Å². The first kappa shape index (κ1) is 13.3. The zero-order valence-electron chi connectivity index (χ0n) is 11.4. The van der Waals surface area contributed by atoms with Gasteiger partial charge in [0.2, 0.25) is 0 Å². The number of nitrogens with two attached hydrogens (primary N) is 1. The van der Waals surface area contributed by atoms with Crippen LogP contribution in [0.1, 0.15) is 17.0 Å². The van der Waals surface area contributed by atoms with Gasteiger partial charge in [0.05, 0.1) is 6.61 Å². The Kier molecular flexibility index (Phi) is 3.97. The number of nitrogens with one attached hydrogen (secondary N) is 1. The summed E-state index contributed by atoms with van der Waals surface area (Å²) in [6.45, 7) is 4.26. The van der Waals surface area contributed by atoms with E-state index >= 15 is 0 Å². The van der Waals surface area contributed by atoms with Crippen molar-refractivity contribution < 1.29 is 4.74 Å². The van der Waals surface area contributed by atoms with Gasteiger partial charge in [-0.3, -0.25) is 0 Å². The second-order valence-corrected chi connectivity index (χ2v) is 4.34. The van der Waals surface area contributed by atoms with E-state index in [2.05, 4.69) is 15.3 Å². The first-order valence-electron chi connectivity index (χ1n) is 6.06. The number of aryl methyl sites for hydroxylation is 1. The molecule has 0 bridgehead atoms. The van der Waals surface area contributed by atoms with Gasteiger partial charge in [-0.2, -0.15) is 0 Å². The Hall–Kier alpha value is -2.14. The lowest BCUT2D eigenvalue weighted by Gasteiger charge is -2.13. The number of ether oxygens (including phenoxy) is 1. The van der Waals surface area contributed by atoms with E-state index in [-0.39, 0.29) is 0 Å². The quantitative estimate of drug-likeness (QED) is 0.881. The van der Waals surface area contributed by atoms with Crippen LogP contribution in [-0.2, 0) is 11.3 Å². The van der Waals surface area contributed by atoms with Crippen LogP contribution in [0.2, 0.25) is 0 Å². The Balaban J connectivity index is 2.36. The molecular formula is C14H18N4O. The molecule has 0 spiro atoms. The molecule has 0 fully saturated rings. The van der Waals surface area contributed by atoms with Gasteiger partial charge in [0.1, 0.15) is 17.5 Å². The largest absolute Gasteiger partial charge is 0.383 e. The minimum atomic E-state index is 0.499. The van der Waals surface area contributed by atoms with E-state index in [1.807, 2.05) is 38.1 Å². The van der Waals surface area contributed by atoms with Gasteiger partial charge in [0.25, 0.3) is 0 Å². The highest BCUT2D eigenvalue weighted by Crippen LogP contribution is 2.24. The monoisotopic (exact) mass is 258 g/mol. The van der Waals surface area contributed by atoms with Crippen molar-refractivity contribution >= 4 is 17.3 Å². The highest BCUT2D eigenvalue weighted by Gasteiger charge is 2.08. The molecule has 19 heavy (non-hydrogen) atoms. The second-order valence-electron chi connectivity index (χ2n) is 4.34. The number of nitrogens with zero attached hydrogens (tertiary/aromatic N) is 2. The number of para-hydroxylation sites is 1. The second kappa shape index (κ2) is 5.67. The molecule has 0 aliphatic carbocycles. The number of rotatable bonds is 4. The number of aromatic nitrogens is 2. The van der Waals surface area contributed by atoms with Gasteiger partial charge < -0.3 is 15.8 Å². The van der Waals surface area contributed by atoms with Crippen LogP contribution in [0.3, 0.4) is 0 Å². The Morgan fingerprint density at radius 3 is 2.68 bits per heavy atom. The van der Waals surface area contributed by atoms with E-state index in [1.54, 1.807) is 7.11 Å². The summed E-state index contributed by atoms with van der Waals surface area (Å²) < 4.78 is 5.19. The van der Waals surface area contributed by atoms with Gasteiger partial charge in [-0.15, -0.1) is 0 Å². The molecule has 1 aromatic heterocycles. The Labute approximate surface area is 112 Å². The predicted octanol–water partition coefficient (Wildman–Crippen LogP) is 2.57. The maximum absolute atomic E-state index is 5.86. The van der Waals surface area contributed by atoms with E-state index in [0.717, 1.165) is 22.6 Å². The molecule has 2 rings (SSSR count). The van der Waals surface area contributed by atoms with Crippen LogP contribution in [0, 0.1) is 13.8 Å². The van der Waals surface area contributed by atoms with Gasteiger partial charge in [0, 0.05) is 23.9 Å². The molecule has 0 unspecified atom stereocenters. The molecule has 5 heteroatoms. The lowest BCUT2D eigenvalue weighted by atomic mass is 10.2. The molecule has 0 radical (unpaired) electrons. The van der Waals surface area contributed by atoms with Crippen LogP contribution in [0.25, 0.3) is 0 Å². The van der Waals surface area contributed by atoms with Crippen LogP contribution in [-0.4, -0.2) is 17.1 Å². The first-order chi connectivity index (χ1) is 9.11. The average molecular weight is 258 g/mol. The molecule has 0 atom stereocenters. The summed E-state index contributed by atoms with van der Waals surface area (Å²) in [5.41, 5.74) is 8.73. The lowest BCUT2D eigenvalue weighted by molar-refractivity contribution is 0.185. The fraction of sp³-hybridized carbons (Fsp3) is 0.286. The van der Waals surface area contributed by atoms with Crippen molar-refractivity contribution in [2.75, 3.05) is 18.2 Å². The van der Waals surface area contributed by atoms with Crippen molar-refractivity contribution in [1.29, 1.82) is 0 Å². The molecule has 0 saturated carbocycles. The standard InChI is InChI=1S/C14H18N4O/c1-9-13(15)16-10(2)17-14(9)18-12-7-5-4-6-11(12)8-19-3/h4-7H,8H2,1-3H3,(H3,15,16,17,18). The van der Waals surface area contributed by atoms with Crippen molar-refractivity contribution in [3.8, 4) is 0 Å². The van der Waals surface area contributed by atoms with Gasteiger partial charge in [-0.1, -0.05) is 18.2 Å². The van der Waals surface area contributed by atoms with Crippen molar-refractivity contribution in [3.63, 3.8) is 0 Å². The summed E-state index contributed by atoms with van der Waals surface area (Å²) in [5.74, 6) is 1.88. The summed E-state index contributed by atoms with van der Waals surface area (Å²) in [4.78, 5) is 8.52. The molecule has 1 aromatic carbocycles.